The number of fused-ring (bicyclic) bond motifs is 1. The van der Waals surface area contributed by atoms with Crippen LogP contribution in [0.1, 0.15) is 44.2 Å². The number of nitrogens with one attached hydrogen (secondary N) is 1. The third kappa shape index (κ3) is 3.47. The Balaban J connectivity index is 2.08. The number of hydrogen-bond donors (Lipinski definition) is 2. The summed E-state index contributed by atoms with van der Waals surface area (Å²) in [5.41, 5.74) is 1.07. The Labute approximate surface area is 113 Å². The van der Waals surface area contributed by atoms with Crippen molar-refractivity contribution in [3.05, 3.63) is 29.8 Å². The largest absolute Gasteiger partial charge is 0.493 e. The van der Waals surface area contributed by atoms with Crippen LogP contribution in [0.2, 0.25) is 0 Å². The lowest BCUT2D eigenvalue weighted by molar-refractivity contribution is -0.140. The van der Waals surface area contributed by atoms with Gasteiger partial charge >= 0.3 is 5.97 Å². The van der Waals surface area contributed by atoms with Crippen molar-refractivity contribution in [1.29, 1.82) is 0 Å². The number of aliphatic carboxylic acids is 1. The molecule has 0 amide bonds. The lowest BCUT2D eigenvalue weighted by Crippen LogP contribution is -2.40. The first kappa shape index (κ1) is 13.9. The van der Waals surface area contributed by atoms with Crippen LogP contribution in [0, 0.1) is 0 Å². The van der Waals surface area contributed by atoms with E-state index in [1.165, 1.54) is 0 Å². The van der Waals surface area contributed by atoms with Crippen LogP contribution in [0.4, 0.5) is 0 Å². The fourth-order valence-corrected chi connectivity index (χ4v) is 2.44. The molecule has 1 aliphatic rings. The van der Waals surface area contributed by atoms with Gasteiger partial charge in [-0.15, -0.1) is 0 Å². The summed E-state index contributed by atoms with van der Waals surface area (Å²) in [5, 5.41) is 12.6. The molecule has 104 valence electrons. The summed E-state index contributed by atoms with van der Waals surface area (Å²) in [4.78, 5) is 11.3. The maximum absolute atomic E-state index is 11.3. The van der Waals surface area contributed by atoms with Crippen molar-refractivity contribution in [3.8, 4) is 5.75 Å². The van der Waals surface area contributed by atoms with Crippen LogP contribution in [0.15, 0.2) is 24.3 Å². The first-order chi connectivity index (χ1) is 9.22. The average Bonchev–Trinajstić information content (AvgIpc) is 2.43. The number of benzene rings is 1. The molecule has 0 saturated carbocycles. The van der Waals surface area contributed by atoms with Gasteiger partial charge in [0.25, 0.3) is 0 Å². The number of carbonyl (C=O) groups is 1. The number of para-hydroxylation sites is 1. The van der Waals surface area contributed by atoms with Gasteiger partial charge in [-0.25, -0.2) is 0 Å². The van der Waals surface area contributed by atoms with Gasteiger partial charge in [0, 0.05) is 18.0 Å². The van der Waals surface area contributed by atoms with Crippen LogP contribution in [-0.2, 0) is 4.79 Å². The molecule has 1 aromatic carbocycles. The van der Waals surface area contributed by atoms with E-state index in [0.717, 1.165) is 30.6 Å². The third-order valence-electron chi connectivity index (χ3n) is 3.51. The fourth-order valence-electron chi connectivity index (χ4n) is 2.44. The summed E-state index contributed by atoms with van der Waals surface area (Å²) < 4.78 is 5.59. The Hall–Kier alpha value is -1.55. The van der Waals surface area contributed by atoms with Gasteiger partial charge in [-0.2, -0.15) is 0 Å². The van der Waals surface area contributed by atoms with Crippen LogP contribution in [0.3, 0.4) is 0 Å². The maximum atomic E-state index is 11.3. The van der Waals surface area contributed by atoms with E-state index in [0.29, 0.717) is 13.0 Å². The normalized spacial score (nSPS) is 19.3. The molecule has 2 unspecified atom stereocenters. The van der Waals surface area contributed by atoms with Crippen LogP contribution < -0.4 is 10.1 Å². The highest BCUT2D eigenvalue weighted by atomic mass is 16.5. The Morgan fingerprint density at radius 2 is 2.32 bits per heavy atom. The molecule has 4 nitrogen and oxygen atoms in total. The van der Waals surface area contributed by atoms with Gasteiger partial charge in [0.15, 0.2) is 0 Å². The first-order valence-corrected chi connectivity index (χ1v) is 6.93. The Morgan fingerprint density at radius 3 is 3.05 bits per heavy atom. The first-order valence-electron chi connectivity index (χ1n) is 6.93. The standard InChI is InChI=1S/C15H21NO3/c1-2-3-7-13(15(17)18)16-12-9-10-19-14-8-5-4-6-11(12)14/h4-6,8,12-13,16H,2-3,7,9-10H2,1H3,(H,17,18). The molecule has 1 aliphatic heterocycles. The molecule has 0 aliphatic carbocycles. The lowest BCUT2D eigenvalue weighted by atomic mass is 9.98. The molecule has 1 heterocycles. The van der Waals surface area contributed by atoms with E-state index < -0.39 is 12.0 Å². The molecule has 2 N–H and O–H groups in total. The summed E-state index contributed by atoms with van der Waals surface area (Å²) in [6.07, 6.45) is 3.42. The predicted octanol–water partition coefficient (Wildman–Crippen LogP) is 2.74. The fraction of sp³-hybridized carbons (Fsp3) is 0.533. The molecule has 0 bridgehead atoms. The maximum Gasteiger partial charge on any atom is 0.320 e. The minimum absolute atomic E-state index is 0.0721. The van der Waals surface area contributed by atoms with Gasteiger partial charge in [0.2, 0.25) is 0 Å². The molecule has 1 aromatic rings. The zero-order valence-corrected chi connectivity index (χ0v) is 11.3. The summed E-state index contributed by atoms with van der Waals surface area (Å²) in [6.45, 7) is 2.71. The van der Waals surface area contributed by atoms with Crippen LogP contribution in [-0.4, -0.2) is 23.7 Å². The zero-order chi connectivity index (χ0) is 13.7. The number of rotatable bonds is 6. The molecule has 2 atom stereocenters. The van der Waals surface area contributed by atoms with Crippen molar-refractivity contribution in [2.45, 2.75) is 44.7 Å². The van der Waals surface area contributed by atoms with E-state index in [9.17, 15) is 9.90 Å². The Kier molecular flexibility index (Phi) is 4.80. The van der Waals surface area contributed by atoms with Gasteiger partial charge in [0.05, 0.1) is 6.61 Å². The highest BCUT2D eigenvalue weighted by Gasteiger charge is 2.26. The Morgan fingerprint density at radius 1 is 1.53 bits per heavy atom. The quantitative estimate of drug-likeness (QED) is 0.828. The van der Waals surface area contributed by atoms with Crippen LogP contribution >= 0.6 is 0 Å². The van der Waals surface area contributed by atoms with Gasteiger partial charge in [0.1, 0.15) is 11.8 Å². The lowest BCUT2D eigenvalue weighted by Gasteiger charge is -2.29. The van der Waals surface area contributed by atoms with Crippen molar-refractivity contribution in [3.63, 3.8) is 0 Å². The van der Waals surface area contributed by atoms with E-state index >= 15 is 0 Å². The van der Waals surface area contributed by atoms with Crippen LogP contribution in [0.25, 0.3) is 0 Å². The van der Waals surface area contributed by atoms with Gasteiger partial charge in [-0.3, -0.25) is 10.1 Å². The summed E-state index contributed by atoms with van der Waals surface area (Å²) in [7, 11) is 0. The monoisotopic (exact) mass is 263 g/mol. The van der Waals surface area contributed by atoms with E-state index in [-0.39, 0.29) is 6.04 Å². The van der Waals surface area contributed by atoms with Crippen molar-refractivity contribution in [2.75, 3.05) is 6.61 Å². The number of carboxylic acids is 1. The second kappa shape index (κ2) is 6.57. The summed E-state index contributed by atoms with van der Waals surface area (Å²) >= 11 is 0. The van der Waals surface area contributed by atoms with Gasteiger partial charge < -0.3 is 9.84 Å². The van der Waals surface area contributed by atoms with E-state index in [4.69, 9.17) is 4.74 Å². The highest BCUT2D eigenvalue weighted by Crippen LogP contribution is 2.32. The molecule has 0 spiro atoms. The van der Waals surface area contributed by atoms with E-state index in [1.54, 1.807) is 0 Å². The Bertz CT molecular complexity index is 433. The molecule has 2 rings (SSSR count). The molecule has 0 radical (unpaired) electrons. The minimum atomic E-state index is -0.766. The topological polar surface area (TPSA) is 58.6 Å². The van der Waals surface area contributed by atoms with Crippen molar-refractivity contribution >= 4 is 5.97 Å². The predicted molar refractivity (Wildman–Crippen MR) is 73.4 cm³/mol. The van der Waals surface area contributed by atoms with Crippen molar-refractivity contribution < 1.29 is 14.6 Å². The molecule has 19 heavy (non-hydrogen) atoms. The molecule has 4 heteroatoms. The summed E-state index contributed by atoms with van der Waals surface area (Å²) in [5.74, 6) is 0.100. The third-order valence-corrected chi connectivity index (χ3v) is 3.51. The average molecular weight is 263 g/mol. The molecule has 0 saturated heterocycles. The van der Waals surface area contributed by atoms with Crippen molar-refractivity contribution in [2.24, 2.45) is 0 Å². The smallest absolute Gasteiger partial charge is 0.320 e. The number of unbranched alkanes of at least 4 members (excludes halogenated alkanes) is 1. The minimum Gasteiger partial charge on any atom is -0.493 e. The van der Waals surface area contributed by atoms with E-state index in [2.05, 4.69) is 12.2 Å². The van der Waals surface area contributed by atoms with E-state index in [1.807, 2.05) is 24.3 Å². The second-order valence-electron chi connectivity index (χ2n) is 4.93. The van der Waals surface area contributed by atoms with Crippen LogP contribution in [0.5, 0.6) is 5.75 Å². The van der Waals surface area contributed by atoms with Crippen molar-refractivity contribution in [1.82, 2.24) is 5.32 Å². The number of carboxylic acid groups (broad SMARTS) is 1. The SMILES string of the molecule is CCCCC(NC1CCOc2ccccc21)C(=O)O. The summed E-state index contributed by atoms with van der Waals surface area (Å²) in [6, 6.07) is 7.44. The molecule has 0 fully saturated rings. The zero-order valence-electron chi connectivity index (χ0n) is 11.3. The molecular formula is C15H21NO3. The van der Waals surface area contributed by atoms with Gasteiger partial charge in [-0.1, -0.05) is 38.0 Å². The highest BCUT2D eigenvalue weighted by molar-refractivity contribution is 5.73. The van der Waals surface area contributed by atoms with Gasteiger partial charge in [-0.05, 0) is 12.5 Å². The molecule has 0 aromatic heterocycles. The second-order valence-corrected chi connectivity index (χ2v) is 4.93. The molecular weight excluding hydrogens is 242 g/mol. The number of hydrogen-bond acceptors (Lipinski definition) is 3. The number of ether oxygens (including phenoxy) is 1.